The van der Waals surface area contributed by atoms with E-state index < -0.39 is 46.3 Å². The van der Waals surface area contributed by atoms with Gasteiger partial charge in [0.15, 0.2) is 11.5 Å². The topological polar surface area (TPSA) is 83.5 Å². The van der Waals surface area contributed by atoms with E-state index in [0.29, 0.717) is 11.5 Å². The summed E-state index contributed by atoms with van der Waals surface area (Å²) in [6, 6.07) is 4.03. The predicted molar refractivity (Wildman–Crippen MR) is 116 cm³/mol. The zero-order valence-corrected chi connectivity index (χ0v) is 19.5. The highest BCUT2D eigenvalue weighted by molar-refractivity contribution is 5.88. The molecule has 7 atom stereocenters. The Hall–Kier alpha value is -2.58. The minimum absolute atomic E-state index is 0.0214. The van der Waals surface area contributed by atoms with E-state index >= 15 is 0 Å². The number of likely N-dealkylation sites (tertiary alicyclic amines) is 1. The first kappa shape index (κ1) is 21.0. The molecule has 8 nitrogen and oxygen atoms in total. The van der Waals surface area contributed by atoms with Crippen molar-refractivity contribution in [2.24, 2.45) is 17.3 Å². The summed E-state index contributed by atoms with van der Waals surface area (Å²) in [6.07, 6.45) is 5.06. The first-order valence-corrected chi connectivity index (χ1v) is 11.4. The molecular formula is C25H29NO7. The molecule has 33 heavy (non-hydrogen) atoms. The highest BCUT2D eigenvalue weighted by Gasteiger charge is 2.84. The van der Waals surface area contributed by atoms with Gasteiger partial charge in [-0.3, -0.25) is 9.59 Å². The van der Waals surface area contributed by atoms with Gasteiger partial charge in [0.2, 0.25) is 0 Å². The Morgan fingerprint density at radius 3 is 2.45 bits per heavy atom. The van der Waals surface area contributed by atoms with Gasteiger partial charge in [-0.1, -0.05) is 18.2 Å². The van der Waals surface area contributed by atoms with Crippen LogP contribution in [-0.4, -0.2) is 76.6 Å². The number of esters is 2. The number of rotatable bonds is 4. The molecule has 7 unspecified atom stereocenters. The lowest BCUT2D eigenvalue weighted by atomic mass is 9.34. The van der Waals surface area contributed by atoms with E-state index in [1.54, 1.807) is 14.2 Å². The normalized spacial score (nSPS) is 41.2. The number of fused-ring (bicyclic) bond motifs is 1. The number of likely N-dealkylation sites (N-methyl/N-ethyl adjacent to an activating group) is 1. The third-order valence-electron chi connectivity index (χ3n) is 9.31. The molecule has 1 aromatic rings. The Bertz CT molecular complexity index is 1100. The standard InChI is InChI=1S/C25H29NO7/c1-26-11-10-24-16-13-6-7-14(29-2)19(16)33-22(24)25(32-5)9-8-23(24,15(26)12-13)17(20(27)30-3)18(25)21(28)31-4/h6-9,15,17-18,22H,10-12H2,1-5H3. The van der Waals surface area contributed by atoms with Crippen molar-refractivity contribution >= 4 is 11.9 Å². The number of piperidine rings is 1. The molecule has 4 aliphatic carbocycles. The summed E-state index contributed by atoms with van der Waals surface area (Å²) in [6.45, 7) is 0.840. The Balaban J connectivity index is 1.75. The summed E-state index contributed by atoms with van der Waals surface area (Å²) in [5, 5.41) is 0. The van der Waals surface area contributed by atoms with Crippen LogP contribution >= 0.6 is 0 Å². The van der Waals surface area contributed by atoms with Crippen LogP contribution in [0.3, 0.4) is 0 Å². The molecule has 2 heterocycles. The SMILES string of the molecule is COC(=O)C1C(C(=O)OC)C23C=CC1(OC)C1Oc4c(OC)ccc5c4C12CCN(C)C3C5. The molecule has 0 aromatic heterocycles. The zero-order chi connectivity index (χ0) is 23.3. The van der Waals surface area contributed by atoms with Crippen molar-refractivity contribution in [2.75, 3.05) is 42.0 Å². The van der Waals surface area contributed by atoms with Crippen LogP contribution in [-0.2, 0) is 35.6 Å². The number of carbonyl (C=O) groups excluding carboxylic acids is 2. The van der Waals surface area contributed by atoms with E-state index in [9.17, 15) is 9.59 Å². The third-order valence-corrected chi connectivity index (χ3v) is 9.31. The smallest absolute Gasteiger partial charge is 0.313 e. The minimum atomic E-state index is -1.19. The number of carbonyl (C=O) groups is 2. The molecule has 2 aliphatic heterocycles. The van der Waals surface area contributed by atoms with Crippen molar-refractivity contribution in [3.63, 3.8) is 0 Å². The Morgan fingerprint density at radius 1 is 1.06 bits per heavy atom. The van der Waals surface area contributed by atoms with Gasteiger partial charge in [0.25, 0.3) is 0 Å². The number of ether oxygens (including phenoxy) is 5. The summed E-state index contributed by atoms with van der Waals surface area (Å²) in [5.41, 5.74) is -0.176. The number of benzene rings is 1. The van der Waals surface area contributed by atoms with Gasteiger partial charge in [-0.05, 0) is 38.1 Å². The summed E-state index contributed by atoms with van der Waals surface area (Å²) in [7, 11) is 8.02. The van der Waals surface area contributed by atoms with Crippen LogP contribution < -0.4 is 9.47 Å². The van der Waals surface area contributed by atoms with Crippen molar-refractivity contribution in [3.8, 4) is 11.5 Å². The Kier molecular flexibility index (Phi) is 4.14. The molecule has 1 aromatic carbocycles. The highest BCUT2D eigenvalue weighted by atomic mass is 16.6. The van der Waals surface area contributed by atoms with Gasteiger partial charge in [0.1, 0.15) is 17.6 Å². The fourth-order valence-electron chi connectivity index (χ4n) is 8.20. The van der Waals surface area contributed by atoms with Gasteiger partial charge < -0.3 is 28.6 Å². The Morgan fingerprint density at radius 2 is 1.79 bits per heavy atom. The molecular weight excluding hydrogens is 426 g/mol. The van der Waals surface area contributed by atoms with Crippen molar-refractivity contribution in [3.05, 3.63) is 35.4 Å². The second kappa shape index (κ2) is 6.51. The van der Waals surface area contributed by atoms with Gasteiger partial charge in [-0.25, -0.2) is 0 Å². The van der Waals surface area contributed by atoms with Crippen LogP contribution in [0.4, 0.5) is 0 Å². The molecule has 0 N–H and O–H groups in total. The summed E-state index contributed by atoms with van der Waals surface area (Å²) in [4.78, 5) is 29.3. The average Bonchev–Trinajstić information content (AvgIpc) is 3.21. The zero-order valence-electron chi connectivity index (χ0n) is 19.5. The lowest BCUT2D eigenvalue weighted by Gasteiger charge is -2.72. The number of nitrogens with zero attached hydrogens (tertiary/aromatic N) is 1. The van der Waals surface area contributed by atoms with E-state index in [2.05, 4.69) is 24.1 Å². The van der Waals surface area contributed by atoms with Crippen molar-refractivity contribution in [1.29, 1.82) is 0 Å². The maximum atomic E-state index is 13.6. The maximum absolute atomic E-state index is 13.6. The van der Waals surface area contributed by atoms with E-state index in [1.807, 2.05) is 12.1 Å². The summed E-state index contributed by atoms with van der Waals surface area (Å²) >= 11 is 0. The van der Waals surface area contributed by atoms with Crippen molar-refractivity contribution in [1.82, 2.24) is 4.90 Å². The molecule has 176 valence electrons. The van der Waals surface area contributed by atoms with E-state index in [-0.39, 0.29) is 6.04 Å². The molecule has 8 heteroatoms. The van der Waals surface area contributed by atoms with Crippen molar-refractivity contribution in [2.45, 2.75) is 36.0 Å². The molecule has 2 fully saturated rings. The van der Waals surface area contributed by atoms with Crippen LogP contribution in [0, 0.1) is 17.3 Å². The van der Waals surface area contributed by atoms with Gasteiger partial charge in [0.05, 0.1) is 32.7 Å². The fraction of sp³-hybridized carbons (Fsp3) is 0.600. The molecule has 0 amide bonds. The second-order valence-electron chi connectivity index (χ2n) is 9.88. The molecule has 1 saturated carbocycles. The number of hydrogen-bond donors (Lipinski definition) is 0. The minimum Gasteiger partial charge on any atom is -0.493 e. The monoisotopic (exact) mass is 455 g/mol. The number of methoxy groups -OCH3 is 4. The molecule has 4 bridgehead atoms. The average molecular weight is 456 g/mol. The van der Waals surface area contributed by atoms with Crippen LogP contribution in [0.25, 0.3) is 0 Å². The second-order valence-corrected chi connectivity index (χ2v) is 9.88. The lowest BCUT2D eigenvalue weighted by molar-refractivity contribution is -0.248. The van der Waals surface area contributed by atoms with Gasteiger partial charge in [0, 0.05) is 24.1 Å². The predicted octanol–water partition coefficient (Wildman–Crippen LogP) is 1.49. The first-order chi connectivity index (χ1) is 15.9. The van der Waals surface area contributed by atoms with Crippen molar-refractivity contribution < 1.29 is 33.3 Å². The van der Waals surface area contributed by atoms with E-state index in [1.165, 1.54) is 19.8 Å². The maximum Gasteiger partial charge on any atom is 0.313 e. The summed E-state index contributed by atoms with van der Waals surface area (Å²) < 4.78 is 29.3. The van der Waals surface area contributed by atoms with Gasteiger partial charge >= 0.3 is 11.9 Å². The first-order valence-electron chi connectivity index (χ1n) is 11.4. The van der Waals surface area contributed by atoms with Crippen LogP contribution in [0.15, 0.2) is 24.3 Å². The van der Waals surface area contributed by atoms with Crippen LogP contribution in [0.2, 0.25) is 0 Å². The van der Waals surface area contributed by atoms with Crippen LogP contribution in [0.1, 0.15) is 17.5 Å². The summed E-state index contributed by atoms with van der Waals surface area (Å²) in [5.74, 6) is -1.25. The number of hydrogen-bond acceptors (Lipinski definition) is 8. The highest BCUT2D eigenvalue weighted by Crippen LogP contribution is 2.76. The van der Waals surface area contributed by atoms with E-state index in [4.69, 9.17) is 23.7 Å². The molecule has 1 saturated heterocycles. The Labute approximate surface area is 192 Å². The molecule has 2 spiro atoms. The molecule has 0 radical (unpaired) electrons. The fourth-order valence-corrected chi connectivity index (χ4v) is 8.20. The largest absolute Gasteiger partial charge is 0.493 e. The quantitative estimate of drug-likeness (QED) is 0.499. The van der Waals surface area contributed by atoms with Gasteiger partial charge in [-0.15, -0.1) is 0 Å². The van der Waals surface area contributed by atoms with Gasteiger partial charge in [-0.2, -0.15) is 0 Å². The third kappa shape index (κ3) is 1.99. The molecule has 6 aliphatic rings. The van der Waals surface area contributed by atoms with E-state index in [0.717, 1.165) is 24.9 Å². The van der Waals surface area contributed by atoms with Crippen LogP contribution in [0.5, 0.6) is 11.5 Å². The lowest BCUT2D eigenvalue weighted by Crippen LogP contribution is -2.83. The molecule has 7 rings (SSSR count).